The molecular formula is C11H11NO4. The van der Waals surface area contributed by atoms with Crippen LogP contribution in [0, 0.1) is 6.92 Å². The van der Waals surface area contributed by atoms with Crippen molar-refractivity contribution in [2.24, 2.45) is 0 Å². The lowest BCUT2D eigenvalue weighted by Crippen LogP contribution is -2.12. The normalized spacial score (nSPS) is 10.4. The molecule has 5 nitrogen and oxygen atoms in total. The van der Waals surface area contributed by atoms with E-state index in [2.05, 4.69) is 9.89 Å². The average Bonchev–Trinajstić information content (AvgIpc) is 2.68. The highest BCUT2D eigenvalue weighted by Gasteiger charge is 2.11. The van der Waals surface area contributed by atoms with Crippen LogP contribution < -0.4 is 4.74 Å². The van der Waals surface area contributed by atoms with E-state index in [9.17, 15) is 4.79 Å². The zero-order chi connectivity index (χ0) is 11.5. The van der Waals surface area contributed by atoms with Crippen LogP contribution in [0.5, 0.6) is 5.88 Å². The van der Waals surface area contributed by atoms with Gasteiger partial charge in [-0.15, -0.1) is 0 Å². The second-order valence-electron chi connectivity index (χ2n) is 3.35. The van der Waals surface area contributed by atoms with E-state index >= 15 is 0 Å². The highest BCUT2D eigenvalue weighted by molar-refractivity contribution is 5.83. The van der Waals surface area contributed by atoms with Gasteiger partial charge in [0.2, 0.25) is 0 Å². The number of hydrogen-bond acceptors (Lipinski definition) is 5. The molecule has 0 aliphatic carbocycles. The van der Waals surface area contributed by atoms with E-state index in [1.807, 2.05) is 25.1 Å². The molecule has 16 heavy (non-hydrogen) atoms. The van der Waals surface area contributed by atoms with E-state index in [-0.39, 0.29) is 6.61 Å². The summed E-state index contributed by atoms with van der Waals surface area (Å²) in [5, 5.41) is 4.49. The quantitative estimate of drug-likeness (QED) is 0.738. The first kappa shape index (κ1) is 10.5. The molecule has 0 saturated carbocycles. The molecule has 0 saturated heterocycles. The Morgan fingerprint density at radius 1 is 1.50 bits per heavy atom. The summed E-state index contributed by atoms with van der Waals surface area (Å²) in [7, 11) is 1.30. The molecule has 1 aromatic heterocycles. The van der Waals surface area contributed by atoms with Gasteiger partial charge in [-0.2, -0.15) is 0 Å². The van der Waals surface area contributed by atoms with Gasteiger partial charge in [0, 0.05) is 0 Å². The predicted octanol–water partition coefficient (Wildman–Crippen LogP) is 1.69. The molecule has 0 atom stereocenters. The van der Waals surface area contributed by atoms with Gasteiger partial charge in [0.05, 0.1) is 12.5 Å². The maximum atomic E-state index is 10.9. The Kier molecular flexibility index (Phi) is 2.76. The molecule has 5 heteroatoms. The molecule has 0 spiro atoms. The summed E-state index contributed by atoms with van der Waals surface area (Å²) < 4.78 is 14.7. The van der Waals surface area contributed by atoms with Gasteiger partial charge in [-0.1, -0.05) is 11.6 Å². The van der Waals surface area contributed by atoms with Crippen molar-refractivity contribution in [1.29, 1.82) is 0 Å². The van der Waals surface area contributed by atoms with E-state index in [1.165, 1.54) is 7.11 Å². The third-order valence-corrected chi connectivity index (χ3v) is 2.15. The molecule has 0 N–H and O–H groups in total. The van der Waals surface area contributed by atoms with Gasteiger partial charge in [0.15, 0.2) is 12.2 Å². The van der Waals surface area contributed by atoms with Gasteiger partial charge in [-0.05, 0) is 24.2 Å². The number of ether oxygens (including phenoxy) is 2. The number of methoxy groups -OCH3 is 1. The lowest BCUT2D eigenvalue weighted by Gasteiger charge is -2.00. The van der Waals surface area contributed by atoms with E-state index in [4.69, 9.17) is 9.26 Å². The van der Waals surface area contributed by atoms with Crippen LogP contribution in [-0.2, 0) is 9.53 Å². The summed E-state index contributed by atoms with van der Waals surface area (Å²) >= 11 is 0. The van der Waals surface area contributed by atoms with Gasteiger partial charge in [-0.25, -0.2) is 4.79 Å². The van der Waals surface area contributed by atoms with Crippen molar-refractivity contribution in [2.75, 3.05) is 13.7 Å². The van der Waals surface area contributed by atoms with Crippen molar-refractivity contribution in [1.82, 2.24) is 5.16 Å². The molecule has 2 rings (SSSR count). The van der Waals surface area contributed by atoms with Crippen molar-refractivity contribution in [3.05, 3.63) is 23.8 Å². The van der Waals surface area contributed by atoms with Crippen LogP contribution in [0.2, 0.25) is 0 Å². The predicted molar refractivity (Wildman–Crippen MR) is 56.3 cm³/mol. The van der Waals surface area contributed by atoms with Crippen LogP contribution in [0.15, 0.2) is 22.7 Å². The SMILES string of the molecule is COC(=O)COc1noc2ccc(C)cc12. The van der Waals surface area contributed by atoms with Gasteiger partial charge in [0.25, 0.3) is 5.88 Å². The minimum Gasteiger partial charge on any atom is -0.466 e. The number of hydrogen-bond donors (Lipinski definition) is 0. The second-order valence-corrected chi connectivity index (χ2v) is 3.35. The Hall–Kier alpha value is -2.04. The summed E-state index contributed by atoms with van der Waals surface area (Å²) in [5.74, 6) is -0.145. The lowest BCUT2D eigenvalue weighted by molar-refractivity contribution is -0.143. The van der Waals surface area contributed by atoms with E-state index in [0.29, 0.717) is 11.5 Å². The molecule has 0 bridgehead atoms. The van der Waals surface area contributed by atoms with Crippen LogP contribution in [0.3, 0.4) is 0 Å². The van der Waals surface area contributed by atoms with E-state index in [0.717, 1.165) is 10.9 Å². The lowest BCUT2D eigenvalue weighted by atomic mass is 10.2. The fraction of sp³-hybridized carbons (Fsp3) is 0.273. The first-order chi connectivity index (χ1) is 7.70. The summed E-state index contributed by atoms with van der Waals surface area (Å²) in [6, 6.07) is 5.61. The van der Waals surface area contributed by atoms with Crippen molar-refractivity contribution in [3.8, 4) is 5.88 Å². The fourth-order valence-corrected chi connectivity index (χ4v) is 1.32. The number of carbonyl (C=O) groups excluding carboxylic acids is 1. The zero-order valence-corrected chi connectivity index (χ0v) is 9.02. The Labute approximate surface area is 91.9 Å². The van der Waals surface area contributed by atoms with Crippen molar-refractivity contribution < 1.29 is 18.8 Å². The summed E-state index contributed by atoms with van der Waals surface area (Å²) in [6.07, 6.45) is 0. The summed E-state index contributed by atoms with van der Waals surface area (Å²) in [5.41, 5.74) is 1.70. The Morgan fingerprint density at radius 2 is 2.31 bits per heavy atom. The fourth-order valence-electron chi connectivity index (χ4n) is 1.32. The summed E-state index contributed by atoms with van der Waals surface area (Å²) in [6.45, 7) is 1.78. The van der Waals surface area contributed by atoms with Crippen LogP contribution in [0.4, 0.5) is 0 Å². The van der Waals surface area contributed by atoms with Crippen LogP contribution in [0.1, 0.15) is 5.56 Å². The molecule has 0 aliphatic heterocycles. The monoisotopic (exact) mass is 221 g/mol. The Morgan fingerprint density at radius 3 is 3.06 bits per heavy atom. The molecule has 0 fully saturated rings. The smallest absolute Gasteiger partial charge is 0.343 e. The number of esters is 1. The van der Waals surface area contributed by atoms with Crippen molar-refractivity contribution in [2.45, 2.75) is 6.92 Å². The van der Waals surface area contributed by atoms with Gasteiger partial charge in [0.1, 0.15) is 0 Å². The molecule has 1 aromatic carbocycles. The number of aromatic nitrogens is 1. The maximum absolute atomic E-state index is 10.9. The number of nitrogens with zero attached hydrogens (tertiary/aromatic N) is 1. The Bertz CT molecular complexity index is 518. The van der Waals surface area contributed by atoms with Crippen LogP contribution in [0.25, 0.3) is 11.0 Å². The van der Waals surface area contributed by atoms with Gasteiger partial charge >= 0.3 is 5.97 Å². The topological polar surface area (TPSA) is 61.6 Å². The molecule has 0 unspecified atom stereocenters. The van der Waals surface area contributed by atoms with Crippen LogP contribution >= 0.6 is 0 Å². The summed E-state index contributed by atoms with van der Waals surface area (Å²) in [4.78, 5) is 10.9. The van der Waals surface area contributed by atoms with Gasteiger partial charge < -0.3 is 14.0 Å². The van der Waals surface area contributed by atoms with Gasteiger partial charge in [-0.3, -0.25) is 0 Å². The minimum absolute atomic E-state index is 0.175. The first-order valence-electron chi connectivity index (χ1n) is 4.76. The molecule has 84 valence electrons. The maximum Gasteiger partial charge on any atom is 0.343 e. The number of fused-ring (bicyclic) bond motifs is 1. The minimum atomic E-state index is -0.455. The second kappa shape index (κ2) is 4.22. The Balaban J connectivity index is 2.24. The van der Waals surface area contributed by atoms with E-state index in [1.54, 1.807) is 0 Å². The molecule has 2 aromatic rings. The highest BCUT2D eigenvalue weighted by atomic mass is 16.6. The van der Waals surface area contributed by atoms with Crippen molar-refractivity contribution >= 4 is 16.9 Å². The largest absolute Gasteiger partial charge is 0.466 e. The third kappa shape index (κ3) is 1.98. The van der Waals surface area contributed by atoms with Crippen LogP contribution in [-0.4, -0.2) is 24.8 Å². The van der Waals surface area contributed by atoms with Crippen molar-refractivity contribution in [3.63, 3.8) is 0 Å². The first-order valence-corrected chi connectivity index (χ1v) is 4.76. The molecular weight excluding hydrogens is 210 g/mol. The van der Waals surface area contributed by atoms with E-state index < -0.39 is 5.97 Å². The number of aryl methyl sites for hydroxylation is 1. The molecule has 0 radical (unpaired) electrons. The number of benzene rings is 1. The third-order valence-electron chi connectivity index (χ3n) is 2.15. The number of rotatable bonds is 3. The molecule has 0 amide bonds. The zero-order valence-electron chi connectivity index (χ0n) is 9.02. The average molecular weight is 221 g/mol. The molecule has 1 heterocycles. The number of carbonyl (C=O) groups is 1. The highest BCUT2D eigenvalue weighted by Crippen LogP contribution is 2.25. The molecule has 0 aliphatic rings. The standard InChI is InChI=1S/C11H11NO4/c1-7-3-4-9-8(5-7)11(12-16-9)15-6-10(13)14-2/h3-5H,6H2,1-2H3.